The molecule has 10 nitrogen and oxygen atoms in total. The van der Waals surface area contributed by atoms with E-state index in [1.54, 1.807) is 36.1 Å². The predicted octanol–water partition coefficient (Wildman–Crippen LogP) is 9.04. The van der Waals surface area contributed by atoms with E-state index in [-0.39, 0.29) is 69.5 Å². The van der Waals surface area contributed by atoms with Crippen molar-refractivity contribution in [2.24, 2.45) is 22.9 Å². The molecular formula is C48H56N2O8. The van der Waals surface area contributed by atoms with E-state index in [4.69, 9.17) is 24.2 Å². The minimum atomic E-state index is -1.45. The maximum Gasteiger partial charge on any atom is 0.410 e. The molecule has 3 aliphatic rings. The van der Waals surface area contributed by atoms with Crippen molar-refractivity contribution in [3.05, 3.63) is 132 Å². The highest BCUT2D eigenvalue weighted by Crippen LogP contribution is 2.62. The summed E-state index contributed by atoms with van der Waals surface area (Å²) in [7, 11) is 0. The second kappa shape index (κ2) is 19.1. The highest BCUT2D eigenvalue weighted by atomic mass is 16.7. The second-order valence-electron chi connectivity index (χ2n) is 15.5. The lowest BCUT2D eigenvalue weighted by molar-refractivity contribution is -0.256. The van der Waals surface area contributed by atoms with Gasteiger partial charge < -0.3 is 34.4 Å². The number of phenols is 1. The van der Waals surface area contributed by atoms with Crippen LogP contribution in [0.2, 0.25) is 0 Å². The molecule has 1 saturated carbocycles. The molecular weight excluding hydrogens is 733 g/mol. The molecule has 10 heteroatoms. The molecule has 0 bridgehead atoms. The van der Waals surface area contributed by atoms with Gasteiger partial charge in [0.25, 0.3) is 0 Å². The Hall–Kier alpha value is -5.16. The van der Waals surface area contributed by atoms with Crippen molar-refractivity contribution < 1.29 is 39.2 Å². The van der Waals surface area contributed by atoms with Gasteiger partial charge in [-0.1, -0.05) is 103 Å². The summed E-state index contributed by atoms with van der Waals surface area (Å²) in [6.45, 7) is 6.78. The number of aliphatic hydroxyl groups excluding tert-OH is 2. The Morgan fingerprint density at radius 2 is 1.72 bits per heavy atom. The fourth-order valence-corrected chi connectivity index (χ4v) is 9.54. The number of aromatic hydroxyl groups is 1. The van der Waals surface area contributed by atoms with Gasteiger partial charge in [-0.2, -0.15) is 0 Å². The Kier molecular flexibility index (Phi) is 13.5. The average Bonchev–Trinajstić information content (AvgIpc) is 3.24. The molecule has 1 heterocycles. The van der Waals surface area contributed by atoms with Gasteiger partial charge in [-0.05, 0) is 90.1 Å². The first-order valence-corrected chi connectivity index (χ1v) is 20.8. The lowest BCUT2D eigenvalue weighted by Gasteiger charge is -2.59. The summed E-state index contributed by atoms with van der Waals surface area (Å²) in [4.78, 5) is 22.5. The van der Waals surface area contributed by atoms with Crippen LogP contribution in [0, 0.1) is 17.8 Å². The van der Waals surface area contributed by atoms with E-state index in [1.807, 2.05) is 54.6 Å². The van der Waals surface area contributed by atoms with Crippen molar-refractivity contribution in [2.75, 3.05) is 26.4 Å². The summed E-state index contributed by atoms with van der Waals surface area (Å²) in [5.41, 5.74) is 4.38. The molecule has 4 aromatic rings. The number of carbonyl (C=O) groups excluding carboxylic acids is 1. The van der Waals surface area contributed by atoms with E-state index in [1.165, 1.54) is 0 Å². The van der Waals surface area contributed by atoms with E-state index in [9.17, 15) is 20.1 Å². The van der Waals surface area contributed by atoms with E-state index >= 15 is 0 Å². The van der Waals surface area contributed by atoms with Crippen LogP contribution in [0.1, 0.15) is 74.5 Å². The number of fused-ring (bicyclic) bond motifs is 3. The van der Waals surface area contributed by atoms with Gasteiger partial charge in [0.2, 0.25) is 5.79 Å². The molecule has 1 aliphatic heterocycles. The highest BCUT2D eigenvalue weighted by molar-refractivity contribution is 6.03. The number of benzene rings is 4. The van der Waals surface area contributed by atoms with Crippen LogP contribution >= 0.6 is 0 Å². The number of allylic oxidation sites excluding steroid dienone is 1. The first-order chi connectivity index (χ1) is 28.4. The van der Waals surface area contributed by atoms with E-state index in [0.29, 0.717) is 24.3 Å². The summed E-state index contributed by atoms with van der Waals surface area (Å²) in [5.74, 6) is -1.39. The van der Waals surface area contributed by atoms with Crippen molar-refractivity contribution >= 4 is 22.6 Å². The van der Waals surface area contributed by atoms with Crippen molar-refractivity contribution in [1.82, 2.24) is 4.90 Å². The number of hydrogen-bond donors (Lipinski definition) is 3. The maximum absolute atomic E-state index is 14.6. The Bertz CT molecular complexity index is 2080. The fraction of sp³-hybridized carbons (Fsp3) is 0.417. The van der Waals surface area contributed by atoms with Crippen LogP contribution in [0.3, 0.4) is 0 Å². The number of hydrogen-bond acceptors (Lipinski definition) is 9. The van der Waals surface area contributed by atoms with E-state index in [2.05, 4.69) is 30.9 Å². The number of amides is 1. The summed E-state index contributed by atoms with van der Waals surface area (Å²) in [6, 6.07) is 28.6. The van der Waals surface area contributed by atoms with Crippen molar-refractivity contribution in [1.29, 1.82) is 0 Å². The number of aliphatic hydroxyl groups is 2. The minimum Gasteiger partial charge on any atom is -0.508 e. The monoisotopic (exact) mass is 788 g/mol. The van der Waals surface area contributed by atoms with Gasteiger partial charge in [0.15, 0.2) is 0 Å². The largest absolute Gasteiger partial charge is 0.508 e. The summed E-state index contributed by atoms with van der Waals surface area (Å²) < 4.78 is 20.2. The van der Waals surface area contributed by atoms with Crippen LogP contribution in [0.4, 0.5) is 4.79 Å². The maximum atomic E-state index is 14.6. The Labute approximate surface area is 341 Å². The van der Waals surface area contributed by atoms with Crippen LogP contribution in [0.25, 0.3) is 10.8 Å². The first-order valence-electron chi connectivity index (χ1n) is 20.8. The van der Waals surface area contributed by atoms with E-state index < -0.39 is 23.8 Å². The third-order valence-electron chi connectivity index (χ3n) is 12.0. The second-order valence-corrected chi connectivity index (χ2v) is 15.5. The number of unbranched alkanes of at least 4 members (excludes halogenated alkanes) is 2. The molecule has 1 amide bonds. The molecule has 2 aliphatic carbocycles. The molecule has 0 aromatic heterocycles. The first kappa shape index (κ1) is 41.0. The highest BCUT2D eigenvalue weighted by Gasteiger charge is 2.65. The summed E-state index contributed by atoms with van der Waals surface area (Å²) in [6.07, 6.45) is 8.29. The van der Waals surface area contributed by atoms with Gasteiger partial charge in [-0.15, -0.1) is 6.58 Å². The minimum absolute atomic E-state index is 0.0366. The lowest BCUT2D eigenvalue weighted by atomic mass is 9.55. The van der Waals surface area contributed by atoms with Gasteiger partial charge in [0.05, 0.1) is 31.4 Å². The number of oxime groups is 1. The molecule has 6 atom stereocenters. The predicted molar refractivity (Wildman–Crippen MR) is 224 cm³/mol. The van der Waals surface area contributed by atoms with Crippen LogP contribution in [-0.2, 0) is 27.5 Å². The number of nitrogens with zero attached hydrogens (tertiary/aromatic N) is 2. The number of ether oxygens (including phenoxy) is 3. The lowest BCUT2D eigenvalue weighted by Crippen LogP contribution is -2.70. The van der Waals surface area contributed by atoms with Gasteiger partial charge in [-0.25, -0.2) is 4.79 Å². The third-order valence-corrected chi connectivity index (χ3v) is 12.0. The molecule has 0 radical (unpaired) electrons. The molecule has 58 heavy (non-hydrogen) atoms. The zero-order valence-electron chi connectivity index (χ0n) is 33.4. The van der Waals surface area contributed by atoms with Gasteiger partial charge in [-0.3, -0.25) is 4.90 Å². The molecule has 6 unspecified atom stereocenters. The Balaban J connectivity index is 1.45. The smallest absolute Gasteiger partial charge is 0.410 e. The van der Waals surface area contributed by atoms with Crippen LogP contribution < -0.4 is 4.74 Å². The summed E-state index contributed by atoms with van der Waals surface area (Å²) >= 11 is 0. The number of rotatable bonds is 18. The zero-order chi connectivity index (χ0) is 40.5. The standard InChI is InChI=1S/C48H56N2O8/c1-3-27-56-48-44(50(47(54)55-4-2)31-36-20-14-19-34-17-8-9-21-38(34)36)30-42(49-57-32-33-15-6-5-7-16-33)40-28-35(18-10-12-25-51)39(22-11-13-26-52)45(46(40)48)41-29-37(53)23-24-43(41)58-48/h3,5-9,14-17,19-21,23-24,28-29,35,39,44-46,51-53H,1,4,10-13,18,22,25-27,30-32H2,2H3. The molecule has 4 aromatic carbocycles. The fourth-order valence-electron chi connectivity index (χ4n) is 9.54. The Morgan fingerprint density at radius 3 is 2.50 bits per heavy atom. The molecule has 0 saturated heterocycles. The van der Waals surface area contributed by atoms with Crippen molar-refractivity contribution in [3.8, 4) is 11.5 Å². The number of carbonyl (C=O) groups is 1. The van der Waals surface area contributed by atoms with Crippen LogP contribution in [0.15, 0.2) is 120 Å². The molecule has 7 rings (SSSR count). The topological polar surface area (TPSA) is 130 Å². The van der Waals surface area contributed by atoms with Crippen molar-refractivity contribution in [2.45, 2.75) is 82.8 Å². The molecule has 0 spiro atoms. The normalized spacial score (nSPS) is 23.9. The summed E-state index contributed by atoms with van der Waals surface area (Å²) in [5, 5.41) is 37.8. The van der Waals surface area contributed by atoms with Crippen LogP contribution in [0.5, 0.6) is 11.5 Å². The van der Waals surface area contributed by atoms with Gasteiger partial charge in [0, 0.05) is 31.1 Å². The third kappa shape index (κ3) is 8.51. The Morgan fingerprint density at radius 1 is 0.966 bits per heavy atom. The van der Waals surface area contributed by atoms with E-state index in [0.717, 1.165) is 58.7 Å². The van der Waals surface area contributed by atoms with Crippen LogP contribution in [-0.4, -0.2) is 70.3 Å². The average molecular weight is 789 g/mol. The zero-order valence-corrected chi connectivity index (χ0v) is 33.4. The van der Waals surface area contributed by atoms with Gasteiger partial charge in [0.1, 0.15) is 24.1 Å². The van der Waals surface area contributed by atoms with Gasteiger partial charge >= 0.3 is 6.09 Å². The van der Waals surface area contributed by atoms with Crippen molar-refractivity contribution in [3.63, 3.8) is 0 Å². The SMILES string of the molecule is C=CCOC12Oc3ccc(O)cc3C3C(CCCCO)C(CCCCO)C=C(C(=NOCc4ccccc4)CC1N(Cc1cccc4ccccc14)C(=O)OCC)C32. The number of phenolic OH excluding ortho intramolecular Hbond substituents is 1. The quantitative estimate of drug-likeness (QED) is 0.0518. The molecule has 1 fully saturated rings. The molecule has 306 valence electrons. The molecule has 3 N–H and O–H groups in total.